The topological polar surface area (TPSA) is 114 Å². The van der Waals surface area contributed by atoms with Gasteiger partial charge in [0, 0.05) is 25.7 Å². The lowest BCUT2D eigenvalue weighted by molar-refractivity contribution is 0.0516. The van der Waals surface area contributed by atoms with Gasteiger partial charge in [0.1, 0.15) is 5.60 Å². The van der Waals surface area contributed by atoms with Crippen LogP contribution in [0.4, 0.5) is 10.7 Å². The zero-order valence-electron chi connectivity index (χ0n) is 15.6. The summed E-state index contributed by atoms with van der Waals surface area (Å²) < 4.78 is 10.3. The predicted molar refractivity (Wildman–Crippen MR) is 94.7 cm³/mol. The van der Waals surface area contributed by atoms with Crippen molar-refractivity contribution in [2.45, 2.75) is 39.2 Å². The average molecular weight is 366 g/mol. The Morgan fingerprint density at radius 3 is 2.50 bits per heavy atom. The fourth-order valence-corrected chi connectivity index (χ4v) is 2.65. The fourth-order valence-electron chi connectivity index (χ4n) is 2.65. The van der Waals surface area contributed by atoms with E-state index in [1.165, 1.54) is 13.2 Å². The van der Waals surface area contributed by atoms with Crippen LogP contribution < -0.4 is 15.0 Å². The van der Waals surface area contributed by atoms with E-state index in [9.17, 15) is 9.59 Å². The summed E-state index contributed by atoms with van der Waals surface area (Å²) in [5.74, 6) is -0.229. The van der Waals surface area contributed by atoms with E-state index in [4.69, 9.17) is 14.6 Å². The van der Waals surface area contributed by atoms with Gasteiger partial charge in [0.05, 0.1) is 7.11 Å². The van der Waals surface area contributed by atoms with Gasteiger partial charge in [0.25, 0.3) is 0 Å². The van der Waals surface area contributed by atoms with Gasteiger partial charge < -0.3 is 24.8 Å². The number of anilines is 1. The van der Waals surface area contributed by atoms with Crippen LogP contribution in [-0.4, -0.2) is 59.5 Å². The van der Waals surface area contributed by atoms with Crippen molar-refractivity contribution in [3.63, 3.8) is 0 Å². The molecule has 0 aliphatic carbocycles. The molecule has 0 aromatic carbocycles. The Labute approximate surface area is 152 Å². The van der Waals surface area contributed by atoms with Crippen LogP contribution in [0.2, 0.25) is 0 Å². The highest BCUT2D eigenvalue weighted by Crippen LogP contribution is 2.22. The number of carbonyl (C=O) groups is 2. The molecule has 2 N–H and O–H groups in total. The number of carbonyl (C=O) groups excluding carboxylic acids is 1. The number of hydrogen-bond donors (Lipinski definition) is 2. The average Bonchev–Trinajstić information content (AvgIpc) is 2.58. The molecular formula is C17H26N4O5. The molecule has 1 aliphatic heterocycles. The smallest absolute Gasteiger partial charge is 0.407 e. The number of nitrogens with zero attached hydrogens (tertiary/aromatic N) is 3. The number of carboxylic acids is 1. The van der Waals surface area contributed by atoms with Gasteiger partial charge in [-0.05, 0) is 39.5 Å². The van der Waals surface area contributed by atoms with Crippen LogP contribution in [0.25, 0.3) is 0 Å². The summed E-state index contributed by atoms with van der Waals surface area (Å²) >= 11 is 0. The third-order valence-corrected chi connectivity index (χ3v) is 3.95. The maximum atomic E-state index is 11.7. The Morgan fingerprint density at radius 2 is 1.96 bits per heavy atom. The van der Waals surface area contributed by atoms with E-state index in [2.05, 4.69) is 15.3 Å². The van der Waals surface area contributed by atoms with Crippen LogP contribution in [0.15, 0.2) is 6.07 Å². The SMILES string of the molecule is COc1cc(C(=O)O)nc(N2CCC(CNC(=O)OC(C)(C)C)CC2)n1. The lowest BCUT2D eigenvalue weighted by Crippen LogP contribution is -2.40. The molecule has 0 saturated carbocycles. The number of ether oxygens (including phenoxy) is 2. The summed E-state index contributed by atoms with van der Waals surface area (Å²) in [7, 11) is 1.44. The van der Waals surface area contributed by atoms with Crippen LogP contribution in [0.5, 0.6) is 5.88 Å². The number of piperidine rings is 1. The van der Waals surface area contributed by atoms with Gasteiger partial charge in [-0.1, -0.05) is 0 Å². The number of aromatic nitrogens is 2. The summed E-state index contributed by atoms with van der Waals surface area (Å²) in [6.45, 7) is 7.36. The molecule has 0 unspecified atom stereocenters. The molecule has 144 valence electrons. The summed E-state index contributed by atoms with van der Waals surface area (Å²) in [6, 6.07) is 1.29. The van der Waals surface area contributed by atoms with E-state index in [1.807, 2.05) is 25.7 Å². The summed E-state index contributed by atoms with van der Waals surface area (Å²) in [5, 5.41) is 12.0. The van der Waals surface area contributed by atoms with Gasteiger partial charge in [-0.2, -0.15) is 4.98 Å². The van der Waals surface area contributed by atoms with Crippen molar-refractivity contribution in [3.05, 3.63) is 11.8 Å². The van der Waals surface area contributed by atoms with Crippen molar-refractivity contribution in [3.8, 4) is 5.88 Å². The molecule has 0 spiro atoms. The van der Waals surface area contributed by atoms with Gasteiger partial charge in [0.15, 0.2) is 5.69 Å². The first-order chi connectivity index (χ1) is 12.2. The Kier molecular flexibility index (Phi) is 6.23. The second-order valence-corrected chi connectivity index (χ2v) is 7.21. The van der Waals surface area contributed by atoms with Gasteiger partial charge in [-0.25, -0.2) is 14.6 Å². The highest BCUT2D eigenvalue weighted by molar-refractivity contribution is 5.86. The molecule has 0 atom stereocenters. The van der Waals surface area contributed by atoms with Crippen LogP contribution in [-0.2, 0) is 4.74 Å². The maximum Gasteiger partial charge on any atom is 0.407 e. The molecule has 1 aromatic heterocycles. The summed E-state index contributed by atoms with van der Waals surface area (Å²) in [5.41, 5.74) is -0.612. The van der Waals surface area contributed by atoms with E-state index in [-0.39, 0.29) is 11.6 Å². The largest absolute Gasteiger partial charge is 0.481 e. The molecule has 2 heterocycles. The first kappa shape index (κ1) is 19.7. The standard InChI is InChI=1S/C17H26N4O5/c1-17(2,3)26-16(24)18-10-11-5-7-21(8-6-11)15-19-12(14(22)23)9-13(20-15)25-4/h9,11H,5-8,10H2,1-4H3,(H,18,24)(H,22,23). The molecule has 26 heavy (non-hydrogen) atoms. The van der Waals surface area contributed by atoms with Gasteiger partial charge in [-0.3, -0.25) is 0 Å². The molecule has 1 aliphatic rings. The van der Waals surface area contributed by atoms with Crippen LogP contribution in [0.3, 0.4) is 0 Å². The van der Waals surface area contributed by atoms with E-state index in [1.54, 1.807) is 0 Å². The quantitative estimate of drug-likeness (QED) is 0.812. The first-order valence-corrected chi connectivity index (χ1v) is 8.56. The maximum absolute atomic E-state index is 11.7. The molecule has 1 aromatic rings. The van der Waals surface area contributed by atoms with Crippen molar-refractivity contribution >= 4 is 18.0 Å². The van der Waals surface area contributed by atoms with Gasteiger partial charge >= 0.3 is 12.1 Å². The zero-order valence-corrected chi connectivity index (χ0v) is 15.6. The minimum atomic E-state index is -1.12. The third kappa shape index (κ3) is 5.75. The monoisotopic (exact) mass is 366 g/mol. The number of methoxy groups -OCH3 is 1. The molecule has 1 fully saturated rings. The summed E-state index contributed by atoms with van der Waals surface area (Å²) in [4.78, 5) is 33.2. The van der Waals surface area contributed by atoms with E-state index in [0.717, 1.165) is 12.8 Å². The van der Waals surface area contributed by atoms with Crippen LogP contribution in [0, 0.1) is 5.92 Å². The number of amides is 1. The molecule has 1 saturated heterocycles. The number of hydrogen-bond acceptors (Lipinski definition) is 7. The predicted octanol–water partition coefficient (Wildman–Crippen LogP) is 1.92. The number of alkyl carbamates (subject to hydrolysis) is 1. The normalized spacial score (nSPS) is 15.5. The second kappa shape index (κ2) is 8.20. The Balaban J connectivity index is 1.89. The number of nitrogens with one attached hydrogen (secondary N) is 1. The summed E-state index contributed by atoms with van der Waals surface area (Å²) in [6.07, 6.45) is 1.25. The Bertz CT molecular complexity index is 651. The molecule has 1 amide bonds. The minimum absolute atomic E-state index is 0.0967. The number of aromatic carboxylic acids is 1. The molecule has 9 nitrogen and oxygen atoms in total. The van der Waals surface area contributed by atoms with Crippen molar-refractivity contribution in [1.29, 1.82) is 0 Å². The number of carboxylic acid groups (broad SMARTS) is 1. The second-order valence-electron chi connectivity index (χ2n) is 7.21. The van der Waals surface area contributed by atoms with Crippen molar-refractivity contribution in [1.82, 2.24) is 15.3 Å². The van der Waals surface area contributed by atoms with E-state index >= 15 is 0 Å². The van der Waals surface area contributed by atoms with Crippen molar-refractivity contribution in [2.24, 2.45) is 5.92 Å². The van der Waals surface area contributed by atoms with Crippen molar-refractivity contribution in [2.75, 3.05) is 31.6 Å². The molecule has 2 rings (SSSR count). The highest BCUT2D eigenvalue weighted by atomic mass is 16.6. The minimum Gasteiger partial charge on any atom is -0.481 e. The van der Waals surface area contributed by atoms with Gasteiger partial charge in [-0.15, -0.1) is 0 Å². The zero-order chi connectivity index (χ0) is 19.3. The first-order valence-electron chi connectivity index (χ1n) is 8.56. The number of rotatable bonds is 5. The van der Waals surface area contributed by atoms with Gasteiger partial charge in [0.2, 0.25) is 11.8 Å². The van der Waals surface area contributed by atoms with Crippen molar-refractivity contribution < 1.29 is 24.2 Å². The Hall–Kier alpha value is -2.58. The third-order valence-electron chi connectivity index (χ3n) is 3.95. The fraction of sp³-hybridized carbons (Fsp3) is 0.647. The lowest BCUT2D eigenvalue weighted by atomic mass is 9.97. The highest BCUT2D eigenvalue weighted by Gasteiger charge is 2.24. The lowest BCUT2D eigenvalue weighted by Gasteiger charge is -2.32. The molecular weight excluding hydrogens is 340 g/mol. The molecule has 0 radical (unpaired) electrons. The molecule has 0 bridgehead atoms. The van der Waals surface area contributed by atoms with Crippen LogP contribution >= 0.6 is 0 Å². The van der Waals surface area contributed by atoms with Crippen LogP contribution in [0.1, 0.15) is 44.1 Å². The van der Waals surface area contributed by atoms with E-state index < -0.39 is 17.7 Å². The van der Waals surface area contributed by atoms with E-state index in [0.29, 0.717) is 31.5 Å². The Morgan fingerprint density at radius 1 is 1.31 bits per heavy atom. The molecule has 9 heteroatoms.